The van der Waals surface area contributed by atoms with E-state index >= 15 is 0 Å². The molecule has 0 unspecified atom stereocenters. The predicted octanol–water partition coefficient (Wildman–Crippen LogP) is 2.84. The molecule has 1 amide bonds. The number of likely N-dealkylation sites (tertiary alicyclic amines) is 2. The van der Waals surface area contributed by atoms with Crippen molar-refractivity contribution in [2.75, 3.05) is 53.4 Å². The van der Waals surface area contributed by atoms with Gasteiger partial charge in [-0.3, -0.25) is 9.78 Å². The molecule has 154 valence electrons. The summed E-state index contributed by atoms with van der Waals surface area (Å²) in [6.45, 7) is 5.80. The van der Waals surface area contributed by atoms with Gasteiger partial charge in [-0.15, -0.1) is 0 Å². The minimum Gasteiger partial charge on any atom is -0.341 e. The van der Waals surface area contributed by atoms with Crippen molar-refractivity contribution in [3.8, 4) is 0 Å². The molecule has 1 aromatic rings. The smallest absolute Gasteiger partial charge is 0.230 e. The molecule has 5 nitrogen and oxygen atoms in total. The monoisotopic (exact) mass is 384 g/mol. The van der Waals surface area contributed by atoms with Crippen molar-refractivity contribution >= 4 is 5.91 Å². The first kappa shape index (κ1) is 19.8. The van der Waals surface area contributed by atoms with Gasteiger partial charge >= 0.3 is 0 Å². The third-order valence-corrected chi connectivity index (χ3v) is 7.27. The summed E-state index contributed by atoms with van der Waals surface area (Å²) in [6.07, 6.45) is 11.5. The molecule has 3 heterocycles. The molecule has 28 heavy (non-hydrogen) atoms. The lowest BCUT2D eigenvalue weighted by Gasteiger charge is -2.43. The average molecular weight is 385 g/mol. The van der Waals surface area contributed by atoms with Crippen molar-refractivity contribution in [3.63, 3.8) is 0 Å². The second-order valence-electron chi connectivity index (χ2n) is 9.54. The summed E-state index contributed by atoms with van der Waals surface area (Å²) in [5.41, 5.74) is 0.992. The van der Waals surface area contributed by atoms with Crippen molar-refractivity contribution in [2.45, 2.75) is 44.4 Å². The quantitative estimate of drug-likeness (QED) is 0.756. The second-order valence-corrected chi connectivity index (χ2v) is 9.54. The first-order valence-electron chi connectivity index (χ1n) is 11.1. The van der Waals surface area contributed by atoms with E-state index in [0.717, 1.165) is 51.5 Å². The molecule has 1 saturated carbocycles. The molecule has 0 radical (unpaired) electrons. The van der Waals surface area contributed by atoms with Crippen LogP contribution in [0.4, 0.5) is 0 Å². The van der Waals surface area contributed by atoms with Gasteiger partial charge in [0.25, 0.3) is 0 Å². The molecule has 4 rings (SSSR count). The largest absolute Gasteiger partial charge is 0.341 e. The molecular weight excluding hydrogens is 348 g/mol. The number of nitrogens with zero attached hydrogens (tertiary/aromatic N) is 4. The molecule has 1 aliphatic carbocycles. The van der Waals surface area contributed by atoms with E-state index in [1.807, 2.05) is 18.5 Å². The number of piperidine rings is 1. The van der Waals surface area contributed by atoms with Gasteiger partial charge in [0, 0.05) is 57.6 Å². The Kier molecular flexibility index (Phi) is 6.02. The van der Waals surface area contributed by atoms with Crippen LogP contribution in [-0.2, 0) is 4.79 Å². The Morgan fingerprint density at radius 2 is 2.07 bits per heavy atom. The molecule has 1 aromatic heterocycles. The molecule has 3 aliphatic rings. The van der Waals surface area contributed by atoms with E-state index in [4.69, 9.17) is 0 Å². The highest BCUT2D eigenvalue weighted by Gasteiger charge is 2.55. The number of hydrogen-bond acceptors (Lipinski definition) is 4. The number of pyridine rings is 1. The van der Waals surface area contributed by atoms with Gasteiger partial charge in [-0.05, 0) is 57.3 Å². The van der Waals surface area contributed by atoms with Crippen LogP contribution in [0.15, 0.2) is 24.5 Å². The molecule has 2 aliphatic heterocycles. The normalized spacial score (nSPS) is 29.5. The lowest BCUT2D eigenvalue weighted by Crippen LogP contribution is -2.53. The summed E-state index contributed by atoms with van der Waals surface area (Å²) < 4.78 is 0. The Labute approximate surface area is 170 Å². The van der Waals surface area contributed by atoms with Crippen molar-refractivity contribution in [3.05, 3.63) is 30.1 Å². The Balaban J connectivity index is 1.57. The van der Waals surface area contributed by atoms with Crippen LogP contribution < -0.4 is 0 Å². The fourth-order valence-corrected chi connectivity index (χ4v) is 5.82. The van der Waals surface area contributed by atoms with Crippen LogP contribution >= 0.6 is 0 Å². The maximum absolute atomic E-state index is 13.8. The van der Waals surface area contributed by atoms with E-state index in [-0.39, 0.29) is 11.3 Å². The Morgan fingerprint density at radius 3 is 2.79 bits per heavy atom. The molecule has 5 heteroatoms. The fraction of sp³-hybridized carbons (Fsp3) is 0.739. The molecule has 0 bridgehead atoms. The van der Waals surface area contributed by atoms with Gasteiger partial charge in [0.1, 0.15) is 0 Å². The fourth-order valence-electron chi connectivity index (χ4n) is 5.82. The number of aromatic nitrogens is 1. The highest BCUT2D eigenvalue weighted by atomic mass is 16.2. The zero-order valence-electron chi connectivity index (χ0n) is 17.6. The molecule has 2 saturated heterocycles. The number of rotatable bonds is 6. The minimum absolute atomic E-state index is 0.258. The first-order valence-corrected chi connectivity index (χ1v) is 11.1. The van der Waals surface area contributed by atoms with Crippen molar-refractivity contribution in [1.29, 1.82) is 0 Å². The van der Waals surface area contributed by atoms with Gasteiger partial charge in [-0.25, -0.2) is 0 Å². The van der Waals surface area contributed by atoms with Gasteiger partial charge in [0.05, 0.1) is 5.41 Å². The summed E-state index contributed by atoms with van der Waals surface area (Å²) in [4.78, 5) is 25.1. The van der Waals surface area contributed by atoms with Crippen molar-refractivity contribution in [1.82, 2.24) is 19.7 Å². The van der Waals surface area contributed by atoms with Gasteiger partial charge in [0.15, 0.2) is 0 Å². The van der Waals surface area contributed by atoms with Gasteiger partial charge in [0.2, 0.25) is 5.91 Å². The Bertz CT molecular complexity index is 658. The van der Waals surface area contributed by atoms with Crippen LogP contribution in [0.2, 0.25) is 0 Å². The van der Waals surface area contributed by atoms with Crippen LogP contribution in [0.5, 0.6) is 0 Å². The van der Waals surface area contributed by atoms with Crippen LogP contribution in [-0.4, -0.2) is 79.0 Å². The topological polar surface area (TPSA) is 39.7 Å². The summed E-state index contributed by atoms with van der Waals surface area (Å²) in [6, 6.07) is 4.21. The molecule has 3 fully saturated rings. The Hall–Kier alpha value is -1.46. The SMILES string of the molecule is CN(C)CCN1CCC[C@]2(CN(CC3CCCC3)C[C@@H]2c2cccnc2)C1=O. The van der Waals surface area contributed by atoms with Crippen LogP contribution in [0, 0.1) is 11.3 Å². The lowest BCUT2D eigenvalue weighted by atomic mass is 9.69. The summed E-state index contributed by atoms with van der Waals surface area (Å²) in [5, 5.41) is 0. The Morgan fingerprint density at radius 1 is 1.25 bits per heavy atom. The maximum atomic E-state index is 13.8. The van der Waals surface area contributed by atoms with Crippen LogP contribution in [0.3, 0.4) is 0 Å². The van der Waals surface area contributed by atoms with E-state index in [9.17, 15) is 4.79 Å². The van der Waals surface area contributed by atoms with Gasteiger partial charge in [-0.1, -0.05) is 18.9 Å². The summed E-state index contributed by atoms with van der Waals surface area (Å²) in [5.74, 6) is 1.49. The van der Waals surface area contributed by atoms with Gasteiger partial charge in [-0.2, -0.15) is 0 Å². The van der Waals surface area contributed by atoms with E-state index in [1.165, 1.54) is 37.8 Å². The zero-order valence-corrected chi connectivity index (χ0v) is 17.6. The average Bonchev–Trinajstić information content (AvgIpc) is 3.32. The second kappa shape index (κ2) is 8.50. The standard InChI is InChI=1S/C23H36N4O/c1-25(2)13-14-27-12-6-10-23(22(27)28)18-26(16-19-7-3-4-8-19)17-21(23)20-9-5-11-24-15-20/h5,9,11,15,19,21H,3-4,6-8,10,12-14,16-18H2,1-2H3/t21-,23-/m1/s1. The van der Waals surface area contributed by atoms with E-state index in [0.29, 0.717) is 5.91 Å². The molecule has 0 N–H and O–H groups in total. The number of hydrogen-bond donors (Lipinski definition) is 0. The third kappa shape index (κ3) is 3.97. The lowest BCUT2D eigenvalue weighted by molar-refractivity contribution is -0.146. The number of carbonyl (C=O) groups excluding carboxylic acids is 1. The molecule has 0 aromatic carbocycles. The number of likely N-dealkylation sites (N-methyl/N-ethyl adjacent to an activating group) is 1. The minimum atomic E-state index is -0.258. The van der Waals surface area contributed by atoms with Crippen molar-refractivity contribution < 1.29 is 4.79 Å². The zero-order chi connectivity index (χ0) is 19.6. The first-order chi connectivity index (χ1) is 13.6. The highest BCUT2D eigenvalue weighted by Crippen LogP contribution is 2.49. The molecule has 1 spiro atoms. The van der Waals surface area contributed by atoms with E-state index in [1.54, 1.807) is 0 Å². The van der Waals surface area contributed by atoms with Gasteiger partial charge < -0.3 is 14.7 Å². The maximum Gasteiger partial charge on any atom is 0.230 e. The van der Waals surface area contributed by atoms with Crippen LogP contribution in [0.1, 0.15) is 50.0 Å². The summed E-state index contributed by atoms with van der Waals surface area (Å²) in [7, 11) is 4.17. The predicted molar refractivity (Wildman–Crippen MR) is 112 cm³/mol. The third-order valence-electron chi connectivity index (χ3n) is 7.27. The van der Waals surface area contributed by atoms with E-state index < -0.39 is 0 Å². The van der Waals surface area contributed by atoms with Crippen LogP contribution in [0.25, 0.3) is 0 Å². The molecule has 2 atom stereocenters. The number of carbonyl (C=O) groups is 1. The number of amides is 1. The van der Waals surface area contributed by atoms with E-state index in [2.05, 4.69) is 39.8 Å². The molecular formula is C23H36N4O. The highest BCUT2D eigenvalue weighted by molar-refractivity contribution is 5.85. The summed E-state index contributed by atoms with van der Waals surface area (Å²) >= 11 is 0. The van der Waals surface area contributed by atoms with Crippen molar-refractivity contribution in [2.24, 2.45) is 11.3 Å².